The Kier molecular flexibility index (Phi) is 7.17. The van der Waals surface area contributed by atoms with Crippen LogP contribution in [0.2, 0.25) is 0 Å². The molecule has 0 heterocycles. The van der Waals surface area contributed by atoms with Gasteiger partial charge >= 0.3 is 0 Å². The fourth-order valence-corrected chi connectivity index (χ4v) is 2.37. The molecule has 156 valence electrons. The van der Waals surface area contributed by atoms with Gasteiger partial charge in [0.25, 0.3) is 11.6 Å². The summed E-state index contributed by atoms with van der Waals surface area (Å²) in [6, 6.07) is 11.7. The Morgan fingerprint density at radius 2 is 1.77 bits per heavy atom. The predicted molar refractivity (Wildman–Crippen MR) is 118 cm³/mol. The van der Waals surface area contributed by atoms with E-state index in [1.54, 1.807) is 25.1 Å². The molecule has 0 saturated heterocycles. The summed E-state index contributed by atoms with van der Waals surface area (Å²) in [4.78, 5) is 23.6. The summed E-state index contributed by atoms with van der Waals surface area (Å²) in [6.45, 7) is 5.04. The standard InChI is InChI=1S/C19H22N8O3/c1-11-8-9-15(16(10-11)27(29)30)24-25-17(13(3)23-26-19(20)21)18(28)22-14-7-5-4-6-12(14)2/h4-10,24H,1-3H3,(H,22,28)(H4,20,21,26). The molecule has 2 aromatic rings. The van der Waals surface area contributed by atoms with Crippen molar-refractivity contribution in [1.29, 1.82) is 0 Å². The largest absolute Gasteiger partial charge is 0.369 e. The lowest BCUT2D eigenvalue weighted by Gasteiger charge is -2.10. The van der Waals surface area contributed by atoms with E-state index in [0.717, 1.165) is 5.56 Å². The van der Waals surface area contributed by atoms with E-state index in [1.807, 2.05) is 19.1 Å². The summed E-state index contributed by atoms with van der Waals surface area (Å²) in [5.74, 6) is -0.895. The number of nitrogens with two attached hydrogens (primary N) is 2. The Morgan fingerprint density at radius 1 is 1.07 bits per heavy atom. The molecule has 30 heavy (non-hydrogen) atoms. The minimum absolute atomic E-state index is 0.0942. The van der Waals surface area contributed by atoms with Crippen LogP contribution >= 0.6 is 0 Å². The highest BCUT2D eigenvalue weighted by Crippen LogP contribution is 2.25. The van der Waals surface area contributed by atoms with E-state index in [-0.39, 0.29) is 28.8 Å². The van der Waals surface area contributed by atoms with Gasteiger partial charge in [0.05, 0.1) is 10.6 Å². The number of benzene rings is 2. The topological polar surface area (TPSA) is 173 Å². The Hall–Kier alpha value is -4.28. The first-order valence-corrected chi connectivity index (χ1v) is 8.78. The second-order valence-corrected chi connectivity index (χ2v) is 6.33. The Balaban J connectivity index is 2.42. The number of para-hydroxylation sites is 1. The molecule has 0 bridgehead atoms. The minimum Gasteiger partial charge on any atom is -0.369 e. The van der Waals surface area contributed by atoms with Crippen molar-refractivity contribution in [3.8, 4) is 0 Å². The molecule has 0 aliphatic rings. The van der Waals surface area contributed by atoms with Crippen LogP contribution in [-0.2, 0) is 4.79 Å². The number of hydrogen-bond donors (Lipinski definition) is 4. The Labute approximate surface area is 172 Å². The van der Waals surface area contributed by atoms with E-state index >= 15 is 0 Å². The number of hydrazone groups is 1. The van der Waals surface area contributed by atoms with E-state index in [2.05, 4.69) is 26.0 Å². The second-order valence-electron chi connectivity index (χ2n) is 6.33. The maximum absolute atomic E-state index is 12.8. The van der Waals surface area contributed by atoms with Crippen molar-refractivity contribution < 1.29 is 9.72 Å². The molecule has 2 rings (SSSR count). The van der Waals surface area contributed by atoms with E-state index in [0.29, 0.717) is 11.3 Å². The maximum Gasteiger partial charge on any atom is 0.294 e. The summed E-state index contributed by atoms with van der Waals surface area (Å²) < 4.78 is 0. The van der Waals surface area contributed by atoms with Gasteiger partial charge in [0.2, 0.25) is 5.96 Å². The molecule has 6 N–H and O–H groups in total. The van der Waals surface area contributed by atoms with Gasteiger partial charge in [0, 0.05) is 11.8 Å². The summed E-state index contributed by atoms with van der Waals surface area (Å²) in [5.41, 5.74) is 15.1. The third-order valence-corrected chi connectivity index (χ3v) is 3.90. The number of carbonyl (C=O) groups is 1. The minimum atomic E-state index is -0.599. The first kappa shape index (κ1) is 22.0. The number of nitrogens with one attached hydrogen (secondary N) is 2. The van der Waals surface area contributed by atoms with Crippen molar-refractivity contribution in [1.82, 2.24) is 0 Å². The fourth-order valence-electron chi connectivity index (χ4n) is 2.37. The number of amides is 1. The molecule has 11 nitrogen and oxygen atoms in total. The third-order valence-electron chi connectivity index (χ3n) is 3.90. The van der Waals surface area contributed by atoms with Crippen LogP contribution in [0.3, 0.4) is 0 Å². The van der Waals surface area contributed by atoms with Gasteiger partial charge in [-0.15, -0.1) is 10.2 Å². The molecular formula is C19H22N8O3. The molecule has 0 aliphatic heterocycles. The van der Waals surface area contributed by atoms with Gasteiger partial charge in [-0.25, -0.2) is 0 Å². The average Bonchev–Trinajstić information content (AvgIpc) is 2.69. The number of nitro benzene ring substituents is 1. The highest BCUT2D eigenvalue weighted by atomic mass is 16.6. The van der Waals surface area contributed by atoms with Crippen LogP contribution < -0.4 is 22.2 Å². The van der Waals surface area contributed by atoms with Crippen LogP contribution in [0.4, 0.5) is 17.1 Å². The number of hydrogen-bond acceptors (Lipinski definition) is 7. The lowest BCUT2D eigenvalue weighted by atomic mass is 10.2. The number of aryl methyl sites for hydroxylation is 2. The first-order valence-electron chi connectivity index (χ1n) is 8.78. The van der Waals surface area contributed by atoms with Crippen molar-refractivity contribution in [2.45, 2.75) is 20.8 Å². The van der Waals surface area contributed by atoms with E-state index in [9.17, 15) is 14.9 Å². The summed E-state index contributed by atoms with van der Waals surface area (Å²) >= 11 is 0. The fraction of sp³-hybridized carbons (Fsp3) is 0.158. The second kappa shape index (κ2) is 9.78. The molecule has 1 amide bonds. The molecule has 0 atom stereocenters. The SMILES string of the molecule is CC(=NN=C(N)N)C(=NNc1ccc(C)cc1[N+](=O)[O-])C(=O)Nc1ccccc1C. The molecule has 0 saturated carbocycles. The van der Waals surface area contributed by atoms with Crippen LogP contribution in [0.1, 0.15) is 18.1 Å². The average molecular weight is 410 g/mol. The molecule has 0 fully saturated rings. The van der Waals surface area contributed by atoms with Crippen molar-refractivity contribution in [3.63, 3.8) is 0 Å². The van der Waals surface area contributed by atoms with Crippen molar-refractivity contribution >= 4 is 40.4 Å². The number of guanidine groups is 1. The van der Waals surface area contributed by atoms with Gasteiger partial charge in [-0.05, 0) is 44.0 Å². The molecule has 0 spiro atoms. The van der Waals surface area contributed by atoms with Gasteiger partial charge in [-0.3, -0.25) is 20.3 Å². The molecule has 0 aliphatic carbocycles. The van der Waals surface area contributed by atoms with Gasteiger partial charge in [-0.1, -0.05) is 24.3 Å². The number of nitro groups is 1. The normalized spacial score (nSPS) is 11.6. The lowest BCUT2D eigenvalue weighted by molar-refractivity contribution is -0.384. The van der Waals surface area contributed by atoms with E-state index in [4.69, 9.17) is 11.5 Å². The van der Waals surface area contributed by atoms with Gasteiger partial charge < -0.3 is 16.8 Å². The molecule has 0 radical (unpaired) electrons. The highest BCUT2D eigenvalue weighted by molar-refractivity contribution is 6.68. The van der Waals surface area contributed by atoms with E-state index < -0.39 is 10.8 Å². The zero-order valence-corrected chi connectivity index (χ0v) is 16.7. The van der Waals surface area contributed by atoms with Crippen molar-refractivity contribution in [2.75, 3.05) is 10.7 Å². The van der Waals surface area contributed by atoms with Crippen LogP contribution in [0.15, 0.2) is 57.8 Å². The molecule has 11 heteroatoms. The predicted octanol–water partition coefficient (Wildman–Crippen LogP) is 2.27. The Bertz CT molecular complexity index is 1060. The van der Waals surface area contributed by atoms with Crippen molar-refractivity contribution in [3.05, 3.63) is 63.7 Å². The zero-order valence-electron chi connectivity index (χ0n) is 16.7. The van der Waals surface area contributed by atoms with Gasteiger partial charge in [-0.2, -0.15) is 5.10 Å². The van der Waals surface area contributed by atoms with E-state index in [1.165, 1.54) is 19.1 Å². The summed E-state index contributed by atoms with van der Waals surface area (Å²) in [6.07, 6.45) is 0. The smallest absolute Gasteiger partial charge is 0.294 e. The summed E-state index contributed by atoms with van der Waals surface area (Å²) in [5, 5.41) is 25.4. The number of nitrogens with zero attached hydrogens (tertiary/aromatic N) is 4. The number of rotatable bonds is 7. The lowest BCUT2D eigenvalue weighted by Crippen LogP contribution is -2.30. The van der Waals surface area contributed by atoms with Crippen LogP contribution in [0.5, 0.6) is 0 Å². The van der Waals surface area contributed by atoms with Gasteiger partial charge in [0.15, 0.2) is 5.71 Å². The summed E-state index contributed by atoms with van der Waals surface area (Å²) in [7, 11) is 0. The first-order chi connectivity index (χ1) is 14.2. The molecular weight excluding hydrogens is 388 g/mol. The molecule has 2 aromatic carbocycles. The maximum atomic E-state index is 12.8. The van der Waals surface area contributed by atoms with Gasteiger partial charge in [0.1, 0.15) is 5.69 Å². The zero-order chi connectivity index (χ0) is 22.3. The quantitative estimate of drug-likeness (QED) is 0.236. The number of carbonyl (C=O) groups excluding carboxylic acids is 1. The monoisotopic (exact) mass is 410 g/mol. The van der Waals surface area contributed by atoms with Crippen LogP contribution in [-0.4, -0.2) is 28.2 Å². The highest BCUT2D eigenvalue weighted by Gasteiger charge is 2.19. The van der Waals surface area contributed by atoms with Crippen molar-refractivity contribution in [2.24, 2.45) is 26.8 Å². The number of anilines is 2. The van der Waals surface area contributed by atoms with Crippen LogP contribution in [0, 0.1) is 24.0 Å². The van der Waals surface area contributed by atoms with Crippen LogP contribution in [0.25, 0.3) is 0 Å². The molecule has 0 unspecified atom stereocenters. The Morgan fingerprint density at radius 3 is 2.40 bits per heavy atom. The third kappa shape index (κ3) is 5.86. The molecule has 0 aromatic heterocycles.